The van der Waals surface area contributed by atoms with Crippen molar-refractivity contribution < 1.29 is 9.18 Å². The Labute approximate surface area is 166 Å². The molecule has 1 aromatic carbocycles. The van der Waals surface area contributed by atoms with E-state index < -0.39 is 0 Å². The Balaban J connectivity index is 1.47. The zero-order valence-electron chi connectivity index (χ0n) is 15.8. The molecule has 0 unspecified atom stereocenters. The van der Waals surface area contributed by atoms with Crippen molar-refractivity contribution in [2.45, 2.75) is 26.2 Å². The molecule has 0 aliphatic carbocycles. The van der Waals surface area contributed by atoms with E-state index in [0.29, 0.717) is 18.7 Å². The van der Waals surface area contributed by atoms with E-state index in [2.05, 4.69) is 25.3 Å². The third-order valence-electron chi connectivity index (χ3n) is 5.21. The van der Waals surface area contributed by atoms with Crippen LogP contribution >= 0.6 is 11.3 Å². The predicted octanol–water partition coefficient (Wildman–Crippen LogP) is 3.25. The Morgan fingerprint density at radius 3 is 2.71 bits per heavy atom. The second-order valence-corrected chi connectivity index (χ2v) is 8.37. The summed E-state index contributed by atoms with van der Waals surface area (Å²) in [6.45, 7) is 3.64. The molecule has 4 rings (SSSR count). The van der Waals surface area contributed by atoms with E-state index in [9.17, 15) is 9.18 Å². The van der Waals surface area contributed by atoms with Crippen LogP contribution in [0.1, 0.15) is 23.5 Å². The first kappa shape index (κ1) is 19.0. The molecule has 0 radical (unpaired) electrons. The fourth-order valence-electron chi connectivity index (χ4n) is 3.64. The summed E-state index contributed by atoms with van der Waals surface area (Å²) in [4.78, 5) is 14.8. The highest BCUT2D eigenvalue weighted by Gasteiger charge is 2.25. The number of ketones is 1. The van der Waals surface area contributed by atoms with Gasteiger partial charge in [0.1, 0.15) is 22.5 Å². The zero-order chi connectivity index (χ0) is 19.5. The number of carbonyl (C=O) groups excluding carboxylic acids is 1. The lowest BCUT2D eigenvalue weighted by Crippen LogP contribution is -2.37. The normalized spacial score (nSPS) is 15.9. The minimum Gasteiger partial charge on any atom is -0.301 e. The maximum absolute atomic E-state index is 12.7. The maximum atomic E-state index is 12.7. The third kappa shape index (κ3) is 4.23. The Morgan fingerprint density at radius 1 is 1.18 bits per heavy atom. The number of carbonyl (C=O) groups is 1. The van der Waals surface area contributed by atoms with E-state index >= 15 is 0 Å². The van der Waals surface area contributed by atoms with Gasteiger partial charge < -0.3 is 4.90 Å². The van der Waals surface area contributed by atoms with Gasteiger partial charge in [0.2, 0.25) is 0 Å². The number of alkyl halides is 1. The number of halogens is 1. The number of aryl methyl sites for hydroxylation is 1. The largest absolute Gasteiger partial charge is 0.301 e. The van der Waals surface area contributed by atoms with E-state index in [1.54, 1.807) is 11.3 Å². The predicted molar refractivity (Wildman–Crippen MR) is 107 cm³/mol. The van der Waals surface area contributed by atoms with Gasteiger partial charge in [0, 0.05) is 23.4 Å². The number of benzene rings is 1. The maximum Gasteiger partial charge on any atom is 0.147 e. The molecule has 0 spiro atoms. The first-order valence-electron chi connectivity index (χ1n) is 9.50. The molecule has 3 heterocycles. The van der Waals surface area contributed by atoms with Crippen molar-refractivity contribution in [1.29, 1.82) is 0 Å². The summed E-state index contributed by atoms with van der Waals surface area (Å²) in [6.07, 6.45) is 1.87. The van der Waals surface area contributed by atoms with Crippen molar-refractivity contribution in [3.63, 3.8) is 0 Å². The molecule has 6 nitrogen and oxygen atoms in total. The van der Waals surface area contributed by atoms with Crippen LogP contribution in [0.5, 0.6) is 0 Å². The Kier molecular flexibility index (Phi) is 5.68. The standard InChI is InChI=1S/C20H22FN5OS/c1-13-22-25-20(28-13)15-2-3-18-16(10-15)11-17(23-24-18)12-19(27)14-4-7-26(8-5-14)9-6-21/h2-3,10-11,14H,4-9,12H2,1H3. The van der Waals surface area contributed by atoms with Crippen molar-refractivity contribution in [3.05, 3.63) is 35.0 Å². The molecule has 0 amide bonds. The lowest BCUT2D eigenvalue weighted by molar-refractivity contribution is -0.123. The number of likely N-dealkylation sites (tertiary alicyclic amines) is 1. The van der Waals surface area contributed by atoms with E-state index in [1.807, 2.05) is 31.2 Å². The van der Waals surface area contributed by atoms with Crippen LogP contribution in [0, 0.1) is 12.8 Å². The van der Waals surface area contributed by atoms with Gasteiger partial charge in [-0.1, -0.05) is 11.3 Å². The molecule has 0 atom stereocenters. The molecular weight excluding hydrogens is 377 g/mol. The van der Waals surface area contributed by atoms with E-state index in [0.717, 1.165) is 52.4 Å². The highest BCUT2D eigenvalue weighted by Crippen LogP contribution is 2.26. The van der Waals surface area contributed by atoms with Gasteiger partial charge >= 0.3 is 0 Å². The molecule has 0 saturated carbocycles. The van der Waals surface area contributed by atoms with Crippen LogP contribution in [0.3, 0.4) is 0 Å². The van der Waals surface area contributed by atoms with E-state index in [-0.39, 0.29) is 18.4 Å². The van der Waals surface area contributed by atoms with Gasteiger partial charge in [0.05, 0.1) is 17.6 Å². The second kappa shape index (κ2) is 8.36. The van der Waals surface area contributed by atoms with Gasteiger partial charge in [0.15, 0.2) is 0 Å². The lowest BCUT2D eigenvalue weighted by Gasteiger charge is -2.30. The average molecular weight is 399 g/mol. The summed E-state index contributed by atoms with van der Waals surface area (Å²) in [6, 6.07) is 7.84. The summed E-state index contributed by atoms with van der Waals surface area (Å²) in [5.74, 6) is 0.230. The van der Waals surface area contributed by atoms with E-state index in [4.69, 9.17) is 0 Å². The summed E-state index contributed by atoms with van der Waals surface area (Å²) in [5, 5.41) is 19.5. The number of hydrogen-bond acceptors (Lipinski definition) is 7. The minimum absolute atomic E-state index is 0.0315. The molecule has 3 aromatic rings. The third-order valence-corrected chi connectivity index (χ3v) is 6.10. The minimum atomic E-state index is -0.329. The molecule has 1 fully saturated rings. The van der Waals surface area contributed by atoms with Gasteiger partial charge in [-0.3, -0.25) is 4.79 Å². The average Bonchev–Trinajstić information content (AvgIpc) is 3.14. The number of hydrogen-bond donors (Lipinski definition) is 0. The van der Waals surface area contributed by atoms with Crippen LogP contribution in [0.15, 0.2) is 24.3 Å². The second-order valence-electron chi connectivity index (χ2n) is 7.18. The van der Waals surface area contributed by atoms with Crippen molar-refractivity contribution in [2.75, 3.05) is 26.3 Å². The van der Waals surface area contributed by atoms with Gasteiger partial charge in [-0.25, -0.2) is 4.39 Å². The smallest absolute Gasteiger partial charge is 0.147 e. The van der Waals surface area contributed by atoms with Crippen LogP contribution in [0.25, 0.3) is 21.5 Å². The first-order valence-corrected chi connectivity index (χ1v) is 10.3. The summed E-state index contributed by atoms with van der Waals surface area (Å²) in [5.41, 5.74) is 2.47. The zero-order valence-corrected chi connectivity index (χ0v) is 16.6. The fourth-order valence-corrected chi connectivity index (χ4v) is 4.33. The number of aromatic nitrogens is 4. The summed E-state index contributed by atoms with van der Waals surface area (Å²) < 4.78 is 12.5. The summed E-state index contributed by atoms with van der Waals surface area (Å²) in [7, 11) is 0. The van der Waals surface area contributed by atoms with Crippen molar-refractivity contribution >= 4 is 28.0 Å². The van der Waals surface area contributed by atoms with Gasteiger partial charge in [0.25, 0.3) is 0 Å². The number of nitrogens with zero attached hydrogens (tertiary/aromatic N) is 5. The number of Topliss-reactive ketones (excluding diaryl/α,β-unsaturated/α-hetero) is 1. The van der Waals surface area contributed by atoms with E-state index in [1.165, 1.54) is 0 Å². The first-order chi connectivity index (χ1) is 13.6. The van der Waals surface area contributed by atoms with Crippen LogP contribution in [0.4, 0.5) is 4.39 Å². The quantitative estimate of drug-likeness (QED) is 0.634. The molecule has 0 N–H and O–H groups in total. The molecular formula is C20H22FN5OS. The van der Waals surface area contributed by atoms with Crippen LogP contribution < -0.4 is 0 Å². The molecule has 2 aromatic heterocycles. The Hall–Kier alpha value is -2.32. The Bertz CT molecular complexity index is 984. The SMILES string of the molecule is Cc1nnc(-c2ccc3nnc(CC(=O)C4CCN(CCF)CC4)cc3c2)s1. The lowest BCUT2D eigenvalue weighted by atomic mass is 9.90. The van der Waals surface area contributed by atoms with Gasteiger partial charge in [-0.05, 0) is 57.1 Å². The highest BCUT2D eigenvalue weighted by molar-refractivity contribution is 7.14. The van der Waals surface area contributed by atoms with Gasteiger partial charge in [-0.15, -0.1) is 10.2 Å². The van der Waals surface area contributed by atoms with Crippen molar-refractivity contribution in [2.24, 2.45) is 5.92 Å². The number of fused-ring (bicyclic) bond motifs is 1. The topological polar surface area (TPSA) is 71.9 Å². The fraction of sp³-hybridized carbons (Fsp3) is 0.450. The molecule has 28 heavy (non-hydrogen) atoms. The molecule has 0 bridgehead atoms. The van der Waals surface area contributed by atoms with Crippen molar-refractivity contribution in [1.82, 2.24) is 25.3 Å². The molecule has 146 valence electrons. The van der Waals surface area contributed by atoms with Crippen LogP contribution in [0.2, 0.25) is 0 Å². The monoisotopic (exact) mass is 399 g/mol. The van der Waals surface area contributed by atoms with Crippen molar-refractivity contribution in [3.8, 4) is 10.6 Å². The van der Waals surface area contributed by atoms with Crippen LogP contribution in [-0.2, 0) is 11.2 Å². The number of rotatable bonds is 6. The molecule has 1 aliphatic heterocycles. The molecule has 1 saturated heterocycles. The van der Waals surface area contributed by atoms with Gasteiger partial charge in [-0.2, -0.15) is 10.2 Å². The van der Waals surface area contributed by atoms with Crippen LogP contribution in [-0.4, -0.2) is 57.4 Å². The number of piperidine rings is 1. The Morgan fingerprint density at radius 2 is 2.00 bits per heavy atom. The molecule has 8 heteroatoms. The molecule has 1 aliphatic rings. The summed E-state index contributed by atoms with van der Waals surface area (Å²) >= 11 is 1.55. The highest BCUT2D eigenvalue weighted by atomic mass is 32.1.